The van der Waals surface area contributed by atoms with Crippen molar-refractivity contribution in [3.8, 4) is 5.75 Å². The first kappa shape index (κ1) is 20.6. The Balaban J connectivity index is 1.60. The summed E-state index contributed by atoms with van der Waals surface area (Å²) in [6, 6.07) is 11.0. The van der Waals surface area contributed by atoms with E-state index in [1.165, 1.54) is 31.5 Å². The van der Waals surface area contributed by atoms with Crippen molar-refractivity contribution in [3.05, 3.63) is 62.8 Å². The Bertz CT molecular complexity index is 774. The van der Waals surface area contributed by atoms with Gasteiger partial charge >= 0.3 is 0 Å². The molecule has 3 rings (SSSR count). The van der Waals surface area contributed by atoms with E-state index >= 15 is 0 Å². The van der Waals surface area contributed by atoms with E-state index in [0.29, 0.717) is 17.7 Å². The third-order valence-corrected chi connectivity index (χ3v) is 5.87. The molecule has 146 valence electrons. The Labute approximate surface area is 174 Å². The van der Waals surface area contributed by atoms with Crippen molar-refractivity contribution in [1.82, 2.24) is 10.2 Å². The van der Waals surface area contributed by atoms with Gasteiger partial charge in [-0.1, -0.05) is 40.5 Å². The maximum atomic E-state index is 13.2. The molecule has 0 saturated carbocycles. The lowest BCUT2D eigenvalue weighted by Gasteiger charge is -2.23. The van der Waals surface area contributed by atoms with Crippen LogP contribution in [0, 0.1) is 5.82 Å². The van der Waals surface area contributed by atoms with Crippen LogP contribution in [-0.4, -0.2) is 30.6 Å². The van der Waals surface area contributed by atoms with Gasteiger partial charge in [-0.2, -0.15) is 0 Å². The average molecular weight is 456 g/mol. The van der Waals surface area contributed by atoms with Crippen LogP contribution in [0.1, 0.15) is 30.9 Å². The Morgan fingerprint density at radius 3 is 2.89 bits per heavy atom. The Morgan fingerprint density at radius 1 is 1.26 bits per heavy atom. The summed E-state index contributed by atoms with van der Waals surface area (Å²) in [7, 11) is 0. The number of ether oxygens (including phenoxy) is 1. The van der Waals surface area contributed by atoms with Crippen LogP contribution in [0.5, 0.6) is 5.75 Å². The lowest BCUT2D eigenvalue weighted by atomic mass is 10.1. The van der Waals surface area contributed by atoms with Gasteiger partial charge < -0.3 is 10.1 Å². The van der Waals surface area contributed by atoms with E-state index < -0.39 is 0 Å². The summed E-state index contributed by atoms with van der Waals surface area (Å²) in [6.07, 6.45) is 2.54. The second-order valence-corrected chi connectivity index (χ2v) is 8.15. The quantitative estimate of drug-likeness (QED) is 0.577. The van der Waals surface area contributed by atoms with E-state index in [-0.39, 0.29) is 5.82 Å². The number of likely N-dealkylation sites (tertiary alicyclic amines) is 1. The summed E-state index contributed by atoms with van der Waals surface area (Å²) in [5, 5.41) is 3.96. The predicted molar refractivity (Wildman–Crippen MR) is 112 cm³/mol. The van der Waals surface area contributed by atoms with Crippen LogP contribution in [0.2, 0.25) is 5.02 Å². The van der Waals surface area contributed by atoms with Gasteiger partial charge in [-0.3, -0.25) is 4.90 Å². The molecule has 1 aliphatic rings. The first-order valence-electron chi connectivity index (χ1n) is 9.36. The summed E-state index contributed by atoms with van der Waals surface area (Å²) >= 11 is 9.64. The summed E-state index contributed by atoms with van der Waals surface area (Å²) in [5.41, 5.74) is 1.85. The van der Waals surface area contributed by atoms with Gasteiger partial charge in [-0.25, -0.2) is 4.39 Å². The molecule has 3 nitrogen and oxygen atoms in total. The standard InChI is InChI=1S/C21H25BrClFN2O/c1-2-26-9-3-4-19(26)13-25-12-16-10-17(22)6-8-21(16)27-14-15-5-7-18(24)11-20(15)23/h5-8,10-11,19,25H,2-4,9,12-14H2,1H3/t19-/m0/s1. The minimum Gasteiger partial charge on any atom is -0.489 e. The lowest BCUT2D eigenvalue weighted by Crippen LogP contribution is -2.37. The summed E-state index contributed by atoms with van der Waals surface area (Å²) in [6.45, 7) is 6.55. The molecule has 0 bridgehead atoms. The zero-order valence-corrected chi connectivity index (χ0v) is 17.8. The molecule has 1 aliphatic heterocycles. The molecule has 2 aromatic rings. The van der Waals surface area contributed by atoms with Crippen molar-refractivity contribution >= 4 is 27.5 Å². The number of halogens is 3. The fraction of sp³-hybridized carbons (Fsp3) is 0.429. The monoisotopic (exact) mass is 454 g/mol. The Hall–Kier alpha value is -1.14. The molecule has 1 fully saturated rings. The smallest absolute Gasteiger partial charge is 0.124 e. The molecular formula is C21H25BrClFN2O. The molecule has 1 saturated heterocycles. The van der Waals surface area contributed by atoms with Crippen LogP contribution in [0.3, 0.4) is 0 Å². The highest BCUT2D eigenvalue weighted by atomic mass is 79.9. The van der Waals surface area contributed by atoms with E-state index in [9.17, 15) is 4.39 Å². The van der Waals surface area contributed by atoms with Crippen LogP contribution in [0.4, 0.5) is 4.39 Å². The molecule has 2 aromatic carbocycles. The number of hydrogen-bond donors (Lipinski definition) is 1. The molecule has 0 amide bonds. The van der Waals surface area contributed by atoms with Crippen molar-refractivity contribution < 1.29 is 9.13 Å². The summed E-state index contributed by atoms with van der Waals surface area (Å²) in [4.78, 5) is 2.53. The lowest BCUT2D eigenvalue weighted by molar-refractivity contribution is 0.259. The Kier molecular flexibility index (Phi) is 7.53. The second-order valence-electron chi connectivity index (χ2n) is 6.83. The molecule has 27 heavy (non-hydrogen) atoms. The van der Waals surface area contributed by atoms with Gasteiger partial charge in [-0.05, 0) is 56.3 Å². The molecule has 0 spiro atoms. The highest BCUT2D eigenvalue weighted by Crippen LogP contribution is 2.26. The van der Waals surface area contributed by atoms with Crippen LogP contribution in [0.25, 0.3) is 0 Å². The number of benzene rings is 2. The zero-order chi connectivity index (χ0) is 19.2. The second kappa shape index (κ2) is 9.87. The van der Waals surface area contributed by atoms with E-state index in [2.05, 4.69) is 39.1 Å². The molecule has 1 heterocycles. The van der Waals surface area contributed by atoms with Gasteiger partial charge in [0, 0.05) is 34.7 Å². The van der Waals surface area contributed by atoms with Crippen molar-refractivity contribution in [2.24, 2.45) is 0 Å². The number of nitrogens with one attached hydrogen (secondary N) is 1. The fourth-order valence-electron chi connectivity index (χ4n) is 3.54. The minimum absolute atomic E-state index is 0.306. The predicted octanol–water partition coefficient (Wildman–Crippen LogP) is 5.39. The van der Waals surface area contributed by atoms with Gasteiger partial charge in [0.2, 0.25) is 0 Å². The van der Waals surface area contributed by atoms with Crippen molar-refractivity contribution in [3.63, 3.8) is 0 Å². The van der Waals surface area contributed by atoms with E-state index in [1.54, 1.807) is 6.07 Å². The Morgan fingerprint density at radius 2 is 2.11 bits per heavy atom. The molecule has 1 atom stereocenters. The van der Waals surface area contributed by atoms with Crippen LogP contribution in [0.15, 0.2) is 40.9 Å². The highest BCUT2D eigenvalue weighted by Gasteiger charge is 2.22. The number of hydrogen-bond acceptors (Lipinski definition) is 3. The SMILES string of the molecule is CCN1CCC[C@H]1CNCc1cc(Br)ccc1OCc1ccc(F)cc1Cl. The van der Waals surface area contributed by atoms with Crippen LogP contribution >= 0.6 is 27.5 Å². The van der Waals surface area contributed by atoms with Gasteiger partial charge in [0.1, 0.15) is 18.2 Å². The first-order valence-corrected chi connectivity index (χ1v) is 10.5. The molecule has 0 radical (unpaired) electrons. The normalized spacial score (nSPS) is 17.4. The van der Waals surface area contributed by atoms with Crippen LogP contribution < -0.4 is 10.1 Å². The van der Waals surface area contributed by atoms with Crippen LogP contribution in [-0.2, 0) is 13.2 Å². The van der Waals surface area contributed by atoms with Gasteiger partial charge in [0.05, 0.1) is 5.02 Å². The fourth-order valence-corrected chi connectivity index (χ4v) is 4.17. The molecular weight excluding hydrogens is 431 g/mol. The van der Waals surface area contributed by atoms with Gasteiger partial charge in [0.25, 0.3) is 0 Å². The minimum atomic E-state index is -0.342. The molecule has 0 aromatic heterocycles. The van der Waals surface area contributed by atoms with E-state index in [4.69, 9.17) is 16.3 Å². The molecule has 1 N–H and O–H groups in total. The summed E-state index contributed by atoms with van der Waals surface area (Å²) in [5.74, 6) is 0.468. The van der Waals surface area contributed by atoms with Crippen molar-refractivity contribution in [2.45, 2.75) is 39.0 Å². The third kappa shape index (κ3) is 5.67. The first-order chi connectivity index (χ1) is 13.1. The number of likely N-dealkylation sites (N-methyl/N-ethyl adjacent to an activating group) is 1. The maximum absolute atomic E-state index is 13.2. The largest absolute Gasteiger partial charge is 0.489 e. The number of nitrogens with zero attached hydrogens (tertiary/aromatic N) is 1. The van der Waals surface area contributed by atoms with Gasteiger partial charge in [0.15, 0.2) is 0 Å². The topological polar surface area (TPSA) is 24.5 Å². The third-order valence-electron chi connectivity index (χ3n) is 5.02. The van der Waals surface area contributed by atoms with Crippen molar-refractivity contribution in [2.75, 3.05) is 19.6 Å². The summed E-state index contributed by atoms with van der Waals surface area (Å²) < 4.78 is 20.2. The molecule has 0 unspecified atom stereocenters. The van der Waals surface area contributed by atoms with E-state index in [0.717, 1.165) is 41.0 Å². The van der Waals surface area contributed by atoms with Crippen molar-refractivity contribution in [1.29, 1.82) is 0 Å². The number of rotatable bonds is 8. The average Bonchev–Trinajstić information content (AvgIpc) is 3.10. The zero-order valence-electron chi connectivity index (χ0n) is 15.5. The van der Waals surface area contributed by atoms with Gasteiger partial charge in [-0.15, -0.1) is 0 Å². The molecule has 6 heteroatoms. The molecule has 0 aliphatic carbocycles. The highest BCUT2D eigenvalue weighted by molar-refractivity contribution is 9.10. The maximum Gasteiger partial charge on any atom is 0.124 e. The van der Waals surface area contributed by atoms with E-state index in [1.807, 2.05) is 12.1 Å².